The van der Waals surface area contributed by atoms with Crippen LogP contribution in [-0.2, 0) is 16.6 Å². The largest absolute Gasteiger partial charge is 0.313 e. The highest BCUT2D eigenvalue weighted by atomic mass is 32.2. The van der Waals surface area contributed by atoms with Crippen molar-refractivity contribution in [3.8, 4) is 0 Å². The maximum Gasteiger partial charge on any atom is 0.240 e. The van der Waals surface area contributed by atoms with Gasteiger partial charge in [0.2, 0.25) is 10.0 Å². The zero-order valence-electron chi connectivity index (χ0n) is 13.4. The van der Waals surface area contributed by atoms with Crippen LogP contribution < -0.4 is 10.0 Å². The first kappa shape index (κ1) is 18.1. The van der Waals surface area contributed by atoms with Crippen LogP contribution in [0.25, 0.3) is 0 Å². The summed E-state index contributed by atoms with van der Waals surface area (Å²) in [5.41, 5.74) is 0.978. The molecule has 0 heterocycles. The maximum absolute atomic E-state index is 12.4. The number of hydrogen-bond acceptors (Lipinski definition) is 4. The van der Waals surface area contributed by atoms with Crippen molar-refractivity contribution in [2.75, 3.05) is 27.2 Å². The van der Waals surface area contributed by atoms with Gasteiger partial charge in [0.1, 0.15) is 0 Å². The molecule has 1 unspecified atom stereocenters. The first-order valence-corrected chi connectivity index (χ1v) is 8.80. The molecule has 0 bridgehead atoms. The third kappa shape index (κ3) is 6.56. The molecule has 6 heteroatoms. The minimum Gasteiger partial charge on any atom is -0.313 e. The van der Waals surface area contributed by atoms with E-state index < -0.39 is 10.0 Å². The quantitative estimate of drug-likeness (QED) is 0.677. The molecule has 0 saturated heterocycles. The van der Waals surface area contributed by atoms with Crippen molar-refractivity contribution in [2.45, 2.75) is 37.8 Å². The Balaban J connectivity index is 2.76. The normalized spacial score (nSPS) is 13.6. The molecule has 0 amide bonds. The fourth-order valence-corrected chi connectivity index (χ4v) is 3.45. The van der Waals surface area contributed by atoms with E-state index >= 15 is 0 Å². The van der Waals surface area contributed by atoms with Crippen LogP contribution in [0.3, 0.4) is 0 Å². The van der Waals surface area contributed by atoms with Crippen molar-refractivity contribution >= 4 is 10.0 Å². The highest BCUT2D eigenvalue weighted by Crippen LogP contribution is 2.12. The molecule has 0 aromatic heterocycles. The Morgan fingerprint density at radius 2 is 2.00 bits per heavy atom. The lowest BCUT2D eigenvalue weighted by atomic mass is 10.2. The van der Waals surface area contributed by atoms with E-state index in [1.165, 1.54) is 0 Å². The average molecular weight is 313 g/mol. The van der Waals surface area contributed by atoms with Crippen LogP contribution in [-0.4, -0.2) is 46.5 Å². The van der Waals surface area contributed by atoms with Gasteiger partial charge in [0, 0.05) is 19.1 Å². The second-order valence-electron chi connectivity index (χ2n) is 5.61. The number of benzene rings is 1. The predicted octanol–water partition coefficient (Wildman–Crippen LogP) is 1.41. The topological polar surface area (TPSA) is 61.4 Å². The molecule has 2 N–H and O–H groups in total. The van der Waals surface area contributed by atoms with E-state index in [1.54, 1.807) is 18.2 Å². The van der Waals surface area contributed by atoms with Crippen molar-refractivity contribution in [1.29, 1.82) is 0 Å². The van der Waals surface area contributed by atoms with E-state index in [2.05, 4.69) is 17.0 Å². The number of hydrogen-bond donors (Lipinski definition) is 2. The summed E-state index contributed by atoms with van der Waals surface area (Å²) in [6, 6.07) is 6.95. The minimum absolute atomic E-state index is 0.133. The van der Waals surface area contributed by atoms with Gasteiger partial charge in [-0.15, -0.1) is 0 Å². The molecular weight excluding hydrogens is 286 g/mol. The molecule has 0 aliphatic heterocycles. The molecule has 0 radical (unpaired) electrons. The number of sulfonamides is 1. The van der Waals surface area contributed by atoms with Crippen LogP contribution in [0.2, 0.25) is 0 Å². The Hall–Kier alpha value is -0.950. The molecular formula is C15H27N3O2S. The summed E-state index contributed by atoms with van der Waals surface area (Å²) in [4.78, 5) is 2.28. The lowest BCUT2D eigenvalue weighted by Crippen LogP contribution is -2.39. The second-order valence-corrected chi connectivity index (χ2v) is 7.32. The van der Waals surface area contributed by atoms with Crippen LogP contribution in [0.15, 0.2) is 29.2 Å². The highest BCUT2D eigenvalue weighted by molar-refractivity contribution is 7.89. The molecule has 21 heavy (non-hydrogen) atoms. The number of nitrogens with zero attached hydrogens (tertiary/aromatic N) is 1. The van der Waals surface area contributed by atoms with Crippen LogP contribution in [0.1, 0.15) is 25.8 Å². The van der Waals surface area contributed by atoms with Gasteiger partial charge < -0.3 is 10.2 Å². The van der Waals surface area contributed by atoms with Crippen molar-refractivity contribution in [1.82, 2.24) is 14.9 Å². The number of likely N-dealkylation sites (N-methyl/N-ethyl adjacent to an activating group) is 1. The van der Waals surface area contributed by atoms with Gasteiger partial charge in [0.25, 0.3) is 0 Å². The van der Waals surface area contributed by atoms with Crippen LogP contribution in [0.5, 0.6) is 0 Å². The first-order chi connectivity index (χ1) is 9.85. The van der Waals surface area contributed by atoms with Gasteiger partial charge in [-0.2, -0.15) is 0 Å². The van der Waals surface area contributed by atoms with E-state index in [0.717, 1.165) is 18.5 Å². The van der Waals surface area contributed by atoms with Crippen LogP contribution >= 0.6 is 0 Å². The smallest absolute Gasteiger partial charge is 0.240 e. The summed E-state index contributed by atoms with van der Waals surface area (Å²) in [6.07, 6.45) is 1.06. The summed E-state index contributed by atoms with van der Waals surface area (Å²) in [6.45, 7) is 6.24. The Labute approximate surface area is 128 Å². The summed E-state index contributed by atoms with van der Waals surface area (Å²) < 4.78 is 27.4. The van der Waals surface area contributed by atoms with Crippen molar-refractivity contribution in [3.05, 3.63) is 29.8 Å². The Morgan fingerprint density at radius 3 is 2.62 bits per heavy atom. The lowest BCUT2D eigenvalue weighted by molar-refractivity contribution is 0.370. The van der Waals surface area contributed by atoms with E-state index in [0.29, 0.717) is 18.0 Å². The van der Waals surface area contributed by atoms with Crippen molar-refractivity contribution in [3.63, 3.8) is 0 Å². The molecule has 0 aliphatic rings. The fraction of sp³-hybridized carbons (Fsp3) is 0.600. The number of rotatable bonds is 9. The molecule has 1 atom stereocenters. The molecule has 1 aromatic carbocycles. The van der Waals surface area contributed by atoms with Crippen molar-refractivity contribution < 1.29 is 8.42 Å². The van der Waals surface area contributed by atoms with E-state index in [4.69, 9.17) is 0 Å². The molecule has 120 valence electrons. The standard InChI is InChI=1S/C15H27N3O2S/c1-5-9-16-11-14-7-6-8-15(10-14)21(19,20)17-13(2)12-18(3)4/h6-8,10,13,16-17H,5,9,11-12H2,1-4H3. The minimum atomic E-state index is -3.46. The van der Waals surface area contributed by atoms with Gasteiger partial charge in [-0.1, -0.05) is 19.1 Å². The number of nitrogens with one attached hydrogen (secondary N) is 2. The van der Waals surface area contributed by atoms with Crippen molar-refractivity contribution in [2.24, 2.45) is 0 Å². The molecule has 0 saturated carbocycles. The van der Waals surface area contributed by atoms with Crippen LogP contribution in [0.4, 0.5) is 0 Å². The Kier molecular flexibility index (Phi) is 7.31. The van der Waals surface area contributed by atoms with E-state index in [9.17, 15) is 8.42 Å². The SMILES string of the molecule is CCCNCc1cccc(S(=O)(=O)NC(C)CN(C)C)c1. The third-order valence-electron chi connectivity index (χ3n) is 2.96. The molecule has 1 rings (SSSR count). The van der Waals surface area contributed by atoms with Gasteiger partial charge >= 0.3 is 0 Å². The maximum atomic E-state index is 12.4. The molecule has 0 spiro atoms. The molecule has 1 aromatic rings. The van der Waals surface area contributed by atoms with Gasteiger partial charge in [-0.05, 0) is 51.7 Å². The zero-order valence-corrected chi connectivity index (χ0v) is 14.2. The summed E-state index contributed by atoms with van der Waals surface area (Å²) in [7, 11) is 0.380. The fourth-order valence-electron chi connectivity index (χ4n) is 2.15. The predicted molar refractivity (Wildman–Crippen MR) is 86.8 cm³/mol. The van der Waals surface area contributed by atoms with Gasteiger partial charge in [0.05, 0.1) is 4.90 Å². The lowest BCUT2D eigenvalue weighted by Gasteiger charge is -2.18. The average Bonchev–Trinajstić information content (AvgIpc) is 2.37. The molecule has 0 aliphatic carbocycles. The van der Waals surface area contributed by atoms with Crippen LogP contribution in [0, 0.1) is 0 Å². The zero-order chi connectivity index (χ0) is 15.9. The van der Waals surface area contributed by atoms with Gasteiger partial charge in [0.15, 0.2) is 0 Å². The Bertz CT molecular complexity index is 529. The van der Waals surface area contributed by atoms with Gasteiger partial charge in [-0.3, -0.25) is 0 Å². The summed E-state index contributed by atoms with van der Waals surface area (Å²) >= 11 is 0. The van der Waals surface area contributed by atoms with E-state index in [-0.39, 0.29) is 6.04 Å². The molecule has 5 nitrogen and oxygen atoms in total. The second kappa shape index (κ2) is 8.48. The monoisotopic (exact) mass is 313 g/mol. The Morgan fingerprint density at radius 1 is 1.29 bits per heavy atom. The van der Waals surface area contributed by atoms with E-state index in [1.807, 2.05) is 32.0 Å². The summed E-state index contributed by atoms with van der Waals surface area (Å²) in [5, 5.41) is 3.27. The third-order valence-corrected chi connectivity index (χ3v) is 4.55. The first-order valence-electron chi connectivity index (χ1n) is 7.32. The molecule has 0 fully saturated rings. The highest BCUT2D eigenvalue weighted by Gasteiger charge is 2.17. The van der Waals surface area contributed by atoms with Gasteiger partial charge in [-0.25, -0.2) is 13.1 Å². The summed E-state index contributed by atoms with van der Waals surface area (Å²) in [5.74, 6) is 0.